The van der Waals surface area contributed by atoms with E-state index in [1.807, 2.05) is 40.0 Å². The first kappa shape index (κ1) is 13.8. The molecule has 2 aromatic heterocycles. The standard InChI is InChI=1S/C18H19N5O/c24-18(15-9-19-16-4-2-1-3-14(15)16)22-8-7-13(10-22)23-11-17(20-21-23)12-5-6-12/h1-4,9,11-13,19H,5-8,10H2/t13-/m0/s1. The predicted molar refractivity (Wildman–Crippen MR) is 89.9 cm³/mol. The van der Waals surface area contributed by atoms with Gasteiger partial charge >= 0.3 is 0 Å². The van der Waals surface area contributed by atoms with Crippen molar-refractivity contribution in [1.29, 1.82) is 0 Å². The van der Waals surface area contributed by atoms with Gasteiger partial charge in [0.2, 0.25) is 0 Å². The molecule has 122 valence electrons. The van der Waals surface area contributed by atoms with Gasteiger partial charge < -0.3 is 9.88 Å². The van der Waals surface area contributed by atoms with E-state index >= 15 is 0 Å². The fourth-order valence-electron chi connectivity index (χ4n) is 3.60. The SMILES string of the molecule is O=C(c1c[nH]c2ccccc12)N1CC[C@H](n2cc(C3CC3)nn2)C1. The zero-order valence-corrected chi connectivity index (χ0v) is 13.4. The summed E-state index contributed by atoms with van der Waals surface area (Å²) >= 11 is 0. The topological polar surface area (TPSA) is 66.8 Å². The van der Waals surface area contributed by atoms with Crippen LogP contribution in [0.2, 0.25) is 0 Å². The van der Waals surface area contributed by atoms with Crippen molar-refractivity contribution in [2.75, 3.05) is 13.1 Å². The van der Waals surface area contributed by atoms with Crippen LogP contribution in [0.1, 0.15) is 47.3 Å². The highest BCUT2D eigenvalue weighted by molar-refractivity contribution is 6.06. The maximum atomic E-state index is 12.9. The molecule has 1 aliphatic heterocycles. The third-order valence-electron chi connectivity index (χ3n) is 5.17. The maximum Gasteiger partial charge on any atom is 0.256 e. The number of likely N-dealkylation sites (tertiary alicyclic amines) is 1. The molecule has 0 spiro atoms. The summed E-state index contributed by atoms with van der Waals surface area (Å²) in [5, 5.41) is 9.57. The van der Waals surface area contributed by atoms with Gasteiger partial charge in [0.15, 0.2) is 0 Å². The summed E-state index contributed by atoms with van der Waals surface area (Å²) in [5.41, 5.74) is 2.86. The molecule has 0 radical (unpaired) electrons. The molecule has 2 aliphatic rings. The number of hydrogen-bond donors (Lipinski definition) is 1. The van der Waals surface area contributed by atoms with E-state index in [0.717, 1.165) is 35.1 Å². The highest BCUT2D eigenvalue weighted by Gasteiger charge is 2.32. The Kier molecular flexibility index (Phi) is 2.98. The lowest BCUT2D eigenvalue weighted by Gasteiger charge is -2.16. The van der Waals surface area contributed by atoms with E-state index in [-0.39, 0.29) is 11.9 Å². The molecule has 6 nitrogen and oxygen atoms in total. The molecular formula is C18H19N5O. The Morgan fingerprint density at radius 3 is 2.96 bits per heavy atom. The van der Waals surface area contributed by atoms with Gasteiger partial charge in [0.1, 0.15) is 0 Å². The second-order valence-electron chi connectivity index (χ2n) is 6.84. The monoisotopic (exact) mass is 321 g/mol. The Morgan fingerprint density at radius 2 is 2.08 bits per heavy atom. The van der Waals surface area contributed by atoms with Crippen molar-refractivity contribution in [3.63, 3.8) is 0 Å². The molecule has 24 heavy (non-hydrogen) atoms. The van der Waals surface area contributed by atoms with Gasteiger partial charge in [0.25, 0.3) is 5.91 Å². The van der Waals surface area contributed by atoms with Crippen LogP contribution in [0.25, 0.3) is 10.9 Å². The molecule has 1 saturated heterocycles. The van der Waals surface area contributed by atoms with Gasteiger partial charge in [-0.3, -0.25) is 4.79 Å². The van der Waals surface area contributed by atoms with Crippen LogP contribution in [0.5, 0.6) is 0 Å². The van der Waals surface area contributed by atoms with E-state index in [1.165, 1.54) is 12.8 Å². The highest BCUT2D eigenvalue weighted by atomic mass is 16.2. The van der Waals surface area contributed by atoms with Crippen molar-refractivity contribution in [1.82, 2.24) is 24.9 Å². The summed E-state index contributed by atoms with van der Waals surface area (Å²) in [6.45, 7) is 1.47. The minimum Gasteiger partial charge on any atom is -0.360 e. The van der Waals surface area contributed by atoms with Gasteiger partial charge in [-0.15, -0.1) is 5.10 Å². The number of aromatic amines is 1. The molecule has 1 atom stereocenters. The molecule has 3 aromatic rings. The zero-order chi connectivity index (χ0) is 16.1. The highest BCUT2D eigenvalue weighted by Crippen LogP contribution is 2.39. The van der Waals surface area contributed by atoms with Crippen molar-refractivity contribution in [3.05, 3.63) is 47.9 Å². The number of para-hydroxylation sites is 1. The zero-order valence-electron chi connectivity index (χ0n) is 13.4. The fourth-order valence-corrected chi connectivity index (χ4v) is 3.60. The Balaban J connectivity index is 1.35. The fraction of sp³-hybridized carbons (Fsp3) is 0.389. The van der Waals surface area contributed by atoms with E-state index < -0.39 is 0 Å². The Hall–Kier alpha value is -2.63. The van der Waals surface area contributed by atoms with Gasteiger partial charge in [0.05, 0.1) is 17.3 Å². The lowest BCUT2D eigenvalue weighted by molar-refractivity contribution is 0.0789. The molecule has 6 heteroatoms. The van der Waals surface area contributed by atoms with Crippen LogP contribution in [0.4, 0.5) is 0 Å². The van der Waals surface area contributed by atoms with Crippen LogP contribution in [0, 0.1) is 0 Å². The van der Waals surface area contributed by atoms with E-state index in [2.05, 4.69) is 21.5 Å². The number of fused-ring (bicyclic) bond motifs is 1. The molecule has 1 amide bonds. The van der Waals surface area contributed by atoms with Crippen LogP contribution >= 0.6 is 0 Å². The quantitative estimate of drug-likeness (QED) is 0.806. The number of carbonyl (C=O) groups excluding carboxylic acids is 1. The number of amides is 1. The molecule has 1 aromatic carbocycles. The number of nitrogens with one attached hydrogen (secondary N) is 1. The first-order valence-electron chi connectivity index (χ1n) is 8.57. The van der Waals surface area contributed by atoms with Crippen LogP contribution in [-0.4, -0.2) is 43.9 Å². The van der Waals surface area contributed by atoms with Gasteiger partial charge in [0, 0.05) is 42.3 Å². The summed E-state index contributed by atoms with van der Waals surface area (Å²) in [6, 6.07) is 8.16. The van der Waals surface area contributed by atoms with E-state index in [0.29, 0.717) is 12.5 Å². The Bertz CT molecular complexity index is 907. The van der Waals surface area contributed by atoms with Gasteiger partial charge in [-0.05, 0) is 25.3 Å². The van der Waals surface area contributed by atoms with Crippen LogP contribution in [0.15, 0.2) is 36.7 Å². The molecule has 0 bridgehead atoms. The lowest BCUT2D eigenvalue weighted by atomic mass is 10.1. The number of rotatable bonds is 3. The number of nitrogens with zero attached hydrogens (tertiary/aromatic N) is 4. The average molecular weight is 321 g/mol. The first-order chi connectivity index (χ1) is 11.8. The average Bonchev–Trinajstić information content (AvgIpc) is 3.07. The Labute approximate surface area is 139 Å². The number of aromatic nitrogens is 4. The molecular weight excluding hydrogens is 302 g/mol. The molecule has 1 saturated carbocycles. The van der Waals surface area contributed by atoms with Crippen molar-refractivity contribution >= 4 is 16.8 Å². The summed E-state index contributed by atoms with van der Waals surface area (Å²) in [6.07, 6.45) is 7.29. The minimum absolute atomic E-state index is 0.0949. The van der Waals surface area contributed by atoms with E-state index in [4.69, 9.17) is 0 Å². The molecule has 5 rings (SSSR count). The summed E-state index contributed by atoms with van der Waals surface area (Å²) in [7, 11) is 0. The van der Waals surface area contributed by atoms with Crippen LogP contribution < -0.4 is 0 Å². The summed E-state index contributed by atoms with van der Waals surface area (Å²) < 4.78 is 1.95. The number of H-pyrrole nitrogens is 1. The first-order valence-corrected chi connectivity index (χ1v) is 8.57. The van der Waals surface area contributed by atoms with Crippen molar-refractivity contribution in [2.24, 2.45) is 0 Å². The van der Waals surface area contributed by atoms with E-state index in [9.17, 15) is 4.79 Å². The van der Waals surface area contributed by atoms with Crippen LogP contribution in [0.3, 0.4) is 0 Å². The van der Waals surface area contributed by atoms with Gasteiger partial charge in [-0.2, -0.15) is 0 Å². The van der Waals surface area contributed by atoms with Crippen molar-refractivity contribution < 1.29 is 4.79 Å². The normalized spacial score (nSPS) is 20.8. The van der Waals surface area contributed by atoms with Gasteiger partial charge in [-0.1, -0.05) is 23.4 Å². The third kappa shape index (κ3) is 2.21. The number of benzene rings is 1. The predicted octanol–water partition coefficient (Wildman–Crippen LogP) is 2.72. The smallest absolute Gasteiger partial charge is 0.256 e. The second kappa shape index (κ2) is 5.19. The summed E-state index contributed by atoms with van der Waals surface area (Å²) in [4.78, 5) is 18.0. The molecule has 1 aliphatic carbocycles. The van der Waals surface area contributed by atoms with Crippen molar-refractivity contribution in [2.45, 2.75) is 31.2 Å². The number of carbonyl (C=O) groups is 1. The van der Waals surface area contributed by atoms with Gasteiger partial charge in [-0.25, -0.2) is 4.68 Å². The molecule has 2 fully saturated rings. The molecule has 1 N–H and O–H groups in total. The second-order valence-corrected chi connectivity index (χ2v) is 6.84. The number of hydrogen-bond acceptors (Lipinski definition) is 3. The lowest BCUT2D eigenvalue weighted by Crippen LogP contribution is -2.29. The van der Waals surface area contributed by atoms with Crippen LogP contribution in [-0.2, 0) is 0 Å². The maximum absolute atomic E-state index is 12.9. The van der Waals surface area contributed by atoms with E-state index in [1.54, 1.807) is 0 Å². The molecule has 3 heterocycles. The minimum atomic E-state index is 0.0949. The van der Waals surface area contributed by atoms with Crippen molar-refractivity contribution in [3.8, 4) is 0 Å². The largest absolute Gasteiger partial charge is 0.360 e. The Morgan fingerprint density at radius 1 is 1.21 bits per heavy atom. The molecule has 0 unspecified atom stereocenters. The third-order valence-corrected chi connectivity index (χ3v) is 5.17. The summed E-state index contributed by atoms with van der Waals surface area (Å²) in [5.74, 6) is 0.710.